The topological polar surface area (TPSA) is 53.3 Å². The maximum absolute atomic E-state index is 12.8. The van der Waals surface area contributed by atoms with Gasteiger partial charge in [0.25, 0.3) is 0 Å². The maximum atomic E-state index is 12.8. The summed E-state index contributed by atoms with van der Waals surface area (Å²) in [5.41, 5.74) is 3.81. The first-order valence-electron chi connectivity index (χ1n) is 9.31. The molecule has 3 aromatic rings. The van der Waals surface area contributed by atoms with Gasteiger partial charge in [0.05, 0.1) is 35.2 Å². The highest BCUT2D eigenvalue weighted by Gasteiger charge is 2.19. The summed E-state index contributed by atoms with van der Waals surface area (Å²) in [6, 6.07) is 8.09. The summed E-state index contributed by atoms with van der Waals surface area (Å²) >= 11 is 3.09. The third kappa shape index (κ3) is 4.42. The number of aryl methyl sites for hydroxylation is 1. The predicted molar refractivity (Wildman–Crippen MR) is 116 cm³/mol. The number of thiazole rings is 1. The van der Waals surface area contributed by atoms with Gasteiger partial charge in [0.2, 0.25) is 0 Å². The Morgan fingerprint density at radius 3 is 2.82 bits per heavy atom. The number of rotatable bonds is 9. The van der Waals surface area contributed by atoms with Gasteiger partial charge in [-0.2, -0.15) is 0 Å². The summed E-state index contributed by atoms with van der Waals surface area (Å²) in [7, 11) is 1.70. The van der Waals surface area contributed by atoms with Crippen molar-refractivity contribution in [3.63, 3.8) is 0 Å². The molecule has 2 aromatic heterocycles. The monoisotopic (exact) mass is 418 g/mol. The van der Waals surface area contributed by atoms with Crippen molar-refractivity contribution in [1.29, 1.82) is 0 Å². The molecule has 0 aliphatic heterocycles. The first-order valence-corrected chi connectivity index (χ1v) is 11.1. The lowest BCUT2D eigenvalue weighted by Gasteiger charge is -2.17. The third-order valence-corrected chi connectivity index (χ3v) is 6.77. The van der Waals surface area contributed by atoms with Gasteiger partial charge < -0.3 is 14.0 Å². The van der Waals surface area contributed by atoms with Gasteiger partial charge in [0, 0.05) is 24.1 Å². The van der Waals surface area contributed by atoms with Crippen molar-refractivity contribution in [2.75, 3.05) is 26.1 Å². The number of fused-ring (bicyclic) bond motifs is 1. The fourth-order valence-electron chi connectivity index (χ4n) is 3.46. The number of hydrogen-bond acceptors (Lipinski definition) is 6. The van der Waals surface area contributed by atoms with Gasteiger partial charge in [-0.05, 0) is 52.0 Å². The van der Waals surface area contributed by atoms with E-state index in [2.05, 4.69) is 16.5 Å². The zero-order valence-corrected chi connectivity index (χ0v) is 18.6. The number of ether oxygens (including phenoxy) is 2. The minimum Gasteiger partial charge on any atom is -0.494 e. The molecule has 0 radical (unpaired) electrons. The highest BCUT2D eigenvalue weighted by molar-refractivity contribution is 8.01. The van der Waals surface area contributed by atoms with Crippen LogP contribution in [-0.4, -0.2) is 41.4 Å². The summed E-state index contributed by atoms with van der Waals surface area (Å²) in [4.78, 5) is 17.5. The van der Waals surface area contributed by atoms with Crippen molar-refractivity contribution in [3.8, 4) is 5.75 Å². The van der Waals surface area contributed by atoms with E-state index in [1.165, 1.54) is 11.8 Å². The number of aromatic nitrogens is 2. The first-order chi connectivity index (χ1) is 13.4. The van der Waals surface area contributed by atoms with Crippen LogP contribution in [0.5, 0.6) is 5.75 Å². The molecule has 150 valence electrons. The van der Waals surface area contributed by atoms with Crippen molar-refractivity contribution in [2.45, 2.75) is 38.1 Å². The summed E-state index contributed by atoms with van der Waals surface area (Å²) in [6.07, 6.45) is 0. The van der Waals surface area contributed by atoms with Crippen LogP contribution < -0.4 is 4.74 Å². The van der Waals surface area contributed by atoms with Gasteiger partial charge in [-0.15, -0.1) is 11.3 Å². The molecule has 0 spiro atoms. The summed E-state index contributed by atoms with van der Waals surface area (Å²) < 4.78 is 15.0. The van der Waals surface area contributed by atoms with Crippen molar-refractivity contribution >= 4 is 39.1 Å². The molecule has 2 heterocycles. The SMILES string of the molecule is CCOc1ccc2nc(SCC(=O)c3cc(C)n(C(C)COC)c3C)sc2c1. The molecule has 1 atom stereocenters. The average Bonchev–Trinajstić information content (AvgIpc) is 3.20. The van der Waals surface area contributed by atoms with E-state index in [1.807, 2.05) is 45.0 Å². The smallest absolute Gasteiger partial charge is 0.174 e. The van der Waals surface area contributed by atoms with E-state index >= 15 is 0 Å². The Kier molecular flexibility index (Phi) is 6.80. The van der Waals surface area contributed by atoms with Crippen LogP contribution in [0.3, 0.4) is 0 Å². The fraction of sp³-hybridized carbons (Fsp3) is 0.429. The van der Waals surface area contributed by atoms with Crippen LogP contribution >= 0.6 is 23.1 Å². The van der Waals surface area contributed by atoms with E-state index in [4.69, 9.17) is 9.47 Å². The zero-order chi connectivity index (χ0) is 20.3. The minimum absolute atomic E-state index is 0.128. The van der Waals surface area contributed by atoms with Crippen molar-refractivity contribution in [2.24, 2.45) is 0 Å². The molecule has 0 fully saturated rings. The second-order valence-electron chi connectivity index (χ2n) is 6.71. The summed E-state index contributed by atoms with van der Waals surface area (Å²) in [6.45, 7) is 9.37. The Labute approximate surface area is 174 Å². The average molecular weight is 419 g/mol. The lowest BCUT2D eigenvalue weighted by molar-refractivity contribution is 0.102. The van der Waals surface area contributed by atoms with Crippen LogP contribution in [0.2, 0.25) is 0 Å². The largest absolute Gasteiger partial charge is 0.494 e. The standard InChI is InChI=1S/C21H26N2O3S2/c1-6-26-16-7-8-18-20(10-16)28-21(22-18)27-12-19(24)17-9-13(2)23(15(17)4)14(3)11-25-5/h7-10,14H,6,11-12H2,1-5H3. The molecule has 0 aliphatic rings. The van der Waals surface area contributed by atoms with Gasteiger partial charge in [-0.25, -0.2) is 4.98 Å². The van der Waals surface area contributed by atoms with Crippen molar-refractivity contribution < 1.29 is 14.3 Å². The van der Waals surface area contributed by atoms with Gasteiger partial charge in [-0.3, -0.25) is 4.79 Å². The van der Waals surface area contributed by atoms with E-state index < -0.39 is 0 Å². The summed E-state index contributed by atoms with van der Waals surface area (Å²) in [5.74, 6) is 1.35. The molecule has 0 saturated heterocycles. The number of hydrogen-bond donors (Lipinski definition) is 0. The quantitative estimate of drug-likeness (QED) is 0.349. The molecule has 28 heavy (non-hydrogen) atoms. The Bertz CT molecular complexity index is 978. The summed E-state index contributed by atoms with van der Waals surface area (Å²) in [5, 5.41) is 0. The Morgan fingerprint density at radius 2 is 2.11 bits per heavy atom. The number of nitrogens with zero attached hydrogens (tertiary/aromatic N) is 2. The highest BCUT2D eigenvalue weighted by Crippen LogP contribution is 2.32. The van der Waals surface area contributed by atoms with E-state index in [9.17, 15) is 4.79 Å². The zero-order valence-electron chi connectivity index (χ0n) is 16.9. The van der Waals surface area contributed by atoms with E-state index in [1.54, 1.807) is 18.4 Å². The molecule has 1 unspecified atom stereocenters. The molecule has 0 aliphatic carbocycles. The van der Waals surface area contributed by atoms with Crippen LogP contribution in [0.4, 0.5) is 0 Å². The number of benzene rings is 1. The van der Waals surface area contributed by atoms with Gasteiger partial charge in [-0.1, -0.05) is 11.8 Å². The molecular weight excluding hydrogens is 392 g/mol. The molecule has 0 amide bonds. The van der Waals surface area contributed by atoms with Gasteiger partial charge in [0.1, 0.15) is 5.75 Å². The lowest BCUT2D eigenvalue weighted by atomic mass is 10.2. The minimum atomic E-state index is 0.128. The molecule has 1 aromatic carbocycles. The number of carbonyl (C=O) groups is 1. The van der Waals surface area contributed by atoms with Crippen LogP contribution in [0.1, 0.15) is 41.6 Å². The van der Waals surface area contributed by atoms with Crippen LogP contribution in [0.15, 0.2) is 28.6 Å². The van der Waals surface area contributed by atoms with Crippen molar-refractivity contribution in [3.05, 3.63) is 41.2 Å². The first kappa shape index (κ1) is 20.9. The van der Waals surface area contributed by atoms with Crippen LogP contribution in [0, 0.1) is 13.8 Å². The van der Waals surface area contributed by atoms with E-state index in [0.717, 1.165) is 37.3 Å². The number of carbonyl (C=O) groups excluding carboxylic acids is 1. The van der Waals surface area contributed by atoms with E-state index in [0.29, 0.717) is 19.0 Å². The lowest BCUT2D eigenvalue weighted by Crippen LogP contribution is -2.14. The Balaban J connectivity index is 1.72. The third-order valence-electron chi connectivity index (χ3n) is 4.61. The molecule has 0 N–H and O–H groups in total. The molecule has 0 saturated carbocycles. The molecular formula is C21H26N2O3S2. The molecule has 0 bridgehead atoms. The second kappa shape index (κ2) is 9.11. The highest BCUT2D eigenvalue weighted by atomic mass is 32.2. The maximum Gasteiger partial charge on any atom is 0.174 e. The Morgan fingerprint density at radius 1 is 1.32 bits per heavy atom. The number of thioether (sulfide) groups is 1. The van der Waals surface area contributed by atoms with Gasteiger partial charge >= 0.3 is 0 Å². The number of ketones is 1. The number of methoxy groups -OCH3 is 1. The molecule has 3 rings (SSSR count). The van der Waals surface area contributed by atoms with E-state index in [-0.39, 0.29) is 11.8 Å². The molecule has 5 nitrogen and oxygen atoms in total. The Hall–Kier alpha value is -1.83. The number of Topliss-reactive ketones (excluding diaryl/α,β-unsaturated/α-hetero) is 1. The van der Waals surface area contributed by atoms with Gasteiger partial charge in [0.15, 0.2) is 10.1 Å². The normalized spacial score (nSPS) is 12.5. The van der Waals surface area contributed by atoms with Crippen LogP contribution in [-0.2, 0) is 4.74 Å². The molecule has 7 heteroatoms. The fourth-order valence-corrected chi connectivity index (χ4v) is 5.44. The second-order valence-corrected chi connectivity index (χ2v) is 8.97. The van der Waals surface area contributed by atoms with Crippen molar-refractivity contribution in [1.82, 2.24) is 9.55 Å². The van der Waals surface area contributed by atoms with Crippen LogP contribution in [0.25, 0.3) is 10.2 Å². The predicted octanol–water partition coefficient (Wildman–Crippen LogP) is 5.30.